The number of aryl methyl sites for hydroxylation is 1. The Labute approximate surface area is 95.4 Å². The van der Waals surface area contributed by atoms with Gasteiger partial charge in [0.15, 0.2) is 0 Å². The molecular weight excluding hydrogens is 216 g/mol. The fourth-order valence-electron chi connectivity index (χ4n) is 1.11. The molecule has 86 valence electrons. The largest absolute Gasteiger partial charge is 0.396 e. The van der Waals surface area contributed by atoms with E-state index in [1.165, 1.54) is 10.9 Å². The normalized spacial score (nSPS) is 9.87. The second-order valence-electron chi connectivity index (χ2n) is 3.68. The summed E-state index contributed by atoms with van der Waals surface area (Å²) in [5.41, 5.74) is 6.44. The molecular formula is C9H17ClN4O. The molecule has 0 bridgehead atoms. The molecule has 1 amide bonds. The van der Waals surface area contributed by atoms with Crippen molar-refractivity contribution >= 4 is 24.0 Å². The van der Waals surface area contributed by atoms with Crippen LogP contribution >= 0.6 is 12.4 Å². The van der Waals surface area contributed by atoms with Crippen LogP contribution in [0.1, 0.15) is 24.3 Å². The van der Waals surface area contributed by atoms with E-state index in [4.69, 9.17) is 5.73 Å². The summed E-state index contributed by atoms with van der Waals surface area (Å²) in [6, 6.07) is 0. The number of nitrogens with one attached hydrogen (secondary N) is 1. The third-order valence-electron chi connectivity index (χ3n) is 1.85. The smallest absolute Gasteiger partial charge is 0.271 e. The van der Waals surface area contributed by atoms with E-state index in [0.29, 0.717) is 23.8 Å². The Bertz CT molecular complexity index is 315. The highest BCUT2D eigenvalue weighted by Crippen LogP contribution is 2.08. The molecule has 0 atom stereocenters. The summed E-state index contributed by atoms with van der Waals surface area (Å²) >= 11 is 0. The second kappa shape index (κ2) is 5.60. The van der Waals surface area contributed by atoms with Crippen molar-refractivity contribution in [2.24, 2.45) is 13.0 Å². The van der Waals surface area contributed by atoms with Crippen LogP contribution in [0.4, 0.5) is 5.69 Å². The zero-order valence-corrected chi connectivity index (χ0v) is 9.97. The van der Waals surface area contributed by atoms with Gasteiger partial charge in [0.05, 0.1) is 11.9 Å². The molecule has 1 rings (SSSR count). The molecule has 5 nitrogen and oxygen atoms in total. The van der Waals surface area contributed by atoms with Crippen LogP contribution in [0, 0.1) is 5.92 Å². The Morgan fingerprint density at radius 2 is 2.27 bits per heavy atom. The minimum Gasteiger partial charge on any atom is -0.396 e. The number of carbonyl (C=O) groups excluding carboxylic acids is 1. The number of hydrogen-bond acceptors (Lipinski definition) is 3. The second-order valence-corrected chi connectivity index (χ2v) is 3.68. The maximum atomic E-state index is 11.6. The lowest BCUT2D eigenvalue weighted by molar-refractivity contribution is 0.0940. The number of carbonyl (C=O) groups is 1. The lowest BCUT2D eigenvalue weighted by Gasteiger charge is -2.08. The summed E-state index contributed by atoms with van der Waals surface area (Å²) in [6.45, 7) is 4.71. The highest BCUT2D eigenvalue weighted by atomic mass is 35.5. The minimum absolute atomic E-state index is 0. The molecule has 0 radical (unpaired) electrons. The number of nitrogens with zero attached hydrogens (tertiary/aromatic N) is 2. The average molecular weight is 233 g/mol. The molecule has 1 aromatic heterocycles. The predicted octanol–water partition coefficient (Wildman–Crippen LogP) is 0.810. The fraction of sp³-hybridized carbons (Fsp3) is 0.556. The average Bonchev–Trinajstić information content (AvgIpc) is 2.42. The molecule has 0 aliphatic carbocycles. The Kier molecular flexibility index (Phi) is 5.14. The molecule has 0 fully saturated rings. The number of anilines is 1. The van der Waals surface area contributed by atoms with Gasteiger partial charge in [-0.2, -0.15) is 5.10 Å². The van der Waals surface area contributed by atoms with Crippen LogP contribution in [0.3, 0.4) is 0 Å². The van der Waals surface area contributed by atoms with Gasteiger partial charge in [0, 0.05) is 13.6 Å². The van der Waals surface area contributed by atoms with Crippen molar-refractivity contribution in [3.05, 3.63) is 11.9 Å². The summed E-state index contributed by atoms with van der Waals surface area (Å²) in [6.07, 6.45) is 1.48. The van der Waals surface area contributed by atoms with Gasteiger partial charge in [-0.1, -0.05) is 13.8 Å². The third kappa shape index (κ3) is 3.43. The minimum atomic E-state index is -0.170. The van der Waals surface area contributed by atoms with E-state index >= 15 is 0 Å². The van der Waals surface area contributed by atoms with E-state index in [-0.39, 0.29) is 18.3 Å². The van der Waals surface area contributed by atoms with Crippen molar-refractivity contribution in [2.75, 3.05) is 12.3 Å². The summed E-state index contributed by atoms with van der Waals surface area (Å²) in [5.74, 6) is 0.254. The zero-order valence-electron chi connectivity index (χ0n) is 9.15. The van der Waals surface area contributed by atoms with Crippen molar-refractivity contribution in [1.82, 2.24) is 15.1 Å². The molecule has 1 heterocycles. The standard InChI is InChI=1S/C9H16N4O.ClH/c1-6(2)4-11-9(14)8-7(10)5-12-13(8)3;/h5-6H,4,10H2,1-3H3,(H,11,14);1H. The van der Waals surface area contributed by atoms with Crippen molar-refractivity contribution < 1.29 is 4.79 Å². The fourth-order valence-corrected chi connectivity index (χ4v) is 1.11. The Morgan fingerprint density at radius 3 is 2.67 bits per heavy atom. The Balaban J connectivity index is 0.00000196. The van der Waals surface area contributed by atoms with Gasteiger partial charge in [-0.15, -0.1) is 12.4 Å². The van der Waals surface area contributed by atoms with Crippen molar-refractivity contribution in [3.8, 4) is 0 Å². The van der Waals surface area contributed by atoms with E-state index in [2.05, 4.69) is 10.4 Å². The van der Waals surface area contributed by atoms with Gasteiger partial charge in [-0.3, -0.25) is 9.48 Å². The van der Waals surface area contributed by atoms with Gasteiger partial charge in [-0.05, 0) is 5.92 Å². The zero-order chi connectivity index (χ0) is 10.7. The molecule has 0 saturated heterocycles. The Morgan fingerprint density at radius 1 is 1.67 bits per heavy atom. The molecule has 0 spiro atoms. The first-order chi connectivity index (χ1) is 6.52. The first-order valence-electron chi connectivity index (χ1n) is 4.58. The first kappa shape index (κ1) is 13.8. The third-order valence-corrected chi connectivity index (χ3v) is 1.85. The number of nitrogens with two attached hydrogens (primary N) is 1. The topological polar surface area (TPSA) is 72.9 Å². The van der Waals surface area contributed by atoms with Crippen LogP contribution in [0.2, 0.25) is 0 Å². The van der Waals surface area contributed by atoms with Crippen LogP contribution in [0.25, 0.3) is 0 Å². The number of halogens is 1. The molecule has 0 aromatic carbocycles. The van der Waals surface area contributed by atoms with Crippen molar-refractivity contribution in [2.45, 2.75) is 13.8 Å². The summed E-state index contributed by atoms with van der Waals surface area (Å²) in [4.78, 5) is 11.6. The summed E-state index contributed by atoms with van der Waals surface area (Å²) in [7, 11) is 1.70. The molecule has 1 aromatic rings. The van der Waals surface area contributed by atoms with Crippen LogP contribution in [-0.4, -0.2) is 22.2 Å². The number of amides is 1. The molecule has 0 aliphatic rings. The Hall–Kier alpha value is -1.23. The lowest BCUT2D eigenvalue weighted by Crippen LogP contribution is -2.29. The molecule has 3 N–H and O–H groups in total. The number of hydrogen-bond donors (Lipinski definition) is 2. The summed E-state index contributed by atoms with van der Waals surface area (Å²) < 4.78 is 1.48. The van der Waals surface area contributed by atoms with Gasteiger partial charge in [-0.25, -0.2) is 0 Å². The maximum Gasteiger partial charge on any atom is 0.271 e. The van der Waals surface area contributed by atoms with E-state index in [9.17, 15) is 4.79 Å². The van der Waals surface area contributed by atoms with E-state index in [0.717, 1.165) is 0 Å². The summed E-state index contributed by atoms with van der Waals surface area (Å²) in [5, 5.41) is 6.68. The van der Waals surface area contributed by atoms with Crippen LogP contribution in [0.15, 0.2) is 6.20 Å². The molecule has 0 unspecified atom stereocenters. The van der Waals surface area contributed by atoms with Gasteiger partial charge in [0.1, 0.15) is 5.69 Å². The quantitative estimate of drug-likeness (QED) is 0.810. The SMILES string of the molecule is CC(C)CNC(=O)c1c(N)cnn1C.Cl. The van der Waals surface area contributed by atoms with E-state index < -0.39 is 0 Å². The highest BCUT2D eigenvalue weighted by molar-refractivity contribution is 5.97. The maximum absolute atomic E-state index is 11.6. The lowest BCUT2D eigenvalue weighted by atomic mass is 10.2. The molecule has 6 heteroatoms. The van der Waals surface area contributed by atoms with E-state index in [1.807, 2.05) is 13.8 Å². The highest BCUT2D eigenvalue weighted by Gasteiger charge is 2.14. The van der Waals surface area contributed by atoms with Gasteiger partial charge >= 0.3 is 0 Å². The van der Waals surface area contributed by atoms with Crippen LogP contribution < -0.4 is 11.1 Å². The molecule has 0 aliphatic heterocycles. The number of rotatable bonds is 3. The van der Waals surface area contributed by atoms with Crippen molar-refractivity contribution in [3.63, 3.8) is 0 Å². The molecule has 15 heavy (non-hydrogen) atoms. The van der Waals surface area contributed by atoms with Crippen molar-refractivity contribution in [1.29, 1.82) is 0 Å². The van der Waals surface area contributed by atoms with Gasteiger partial charge in [0.2, 0.25) is 0 Å². The van der Waals surface area contributed by atoms with E-state index in [1.54, 1.807) is 7.05 Å². The predicted molar refractivity (Wildman–Crippen MR) is 62.0 cm³/mol. The van der Waals surface area contributed by atoms with Crippen LogP contribution in [-0.2, 0) is 7.05 Å². The van der Waals surface area contributed by atoms with Gasteiger partial charge < -0.3 is 11.1 Å². The van der Waals surface area contributed by atoms with Crippen LogP contribution in [0.5, 0.6) is 0 Å². The first-order valence-corrected chi connectivity index (χ1v) is 4.58. The number of aromatic nitrogens is 2. The molecule has 0 saturated carbocycles. The number of nitrogen functional groups attached to an aromatic ring is 1. The van der Waals surface area contributed by atoms with Gasteiger partial charge in [0.25, 0.3) is 5.91 Å². The monoisotopic (exact) mass is 232 g/mol.